The van der Waals surface area contributed by atoms with E-state index in [9.17, 15) is 9.59 Å². The summed E-state index contributed by atoms with van der Waals surface area (Å²) in [6.45, 7) is 4.05. The highest BCUT2D eigenvalue weighted by atomic mass is 16.4. The number of carboxylic acid groups (broad SMARTS) is 1. The third-order valence-electron chi connectivity index (χ3n) is 2.66. The van der Waals surface area contributed by atoms with Crippen molar-refractivity contribution in [3.05, 3.63) is 23.7 Å². The first kappa shape index (κ1) is 14.3. The van der Waals surface area contributed by atoms with Crippen LogP contribution in [0.4, 0.5) is 0 Å². The van der Waals surface area contributed by atoms with Crippen LogP contribution in [0.3, 0.4) is 0 Å². The van der Waals surface area contributed by atoms with E-state index in [-0.39, 0.29) is 23.5 Å². The number of hydrogen-bond donors (Lipinski definition) is 2. The molecule has 1 heterocycles. The van der Waals surface area contributed by atoms with Crippen molar-refractivity contribution in [1.82, 2.24) is 5.32 Å². The Labute approximate surface area is 106 Å². The predicted octanol–water partition coefficient (Wildman–Crippen LogP) is 2.68. The standard InChI is InChI=1S/C13H19NO4/c1-3-4-5-6-9(2)14-12(15)10-7-8-11(18-10)13(16)17/h7-9H,3-6H2,1-2H3,(H,14,15)(H,16,17). The van der Waals surface area contributed by atoms with Crippen LogP contribution in [-0.4, -0.2) is 23.0 Å². The summed E-state index contributed by atoms with van der Waals surface area (Å²) in [6.07, 6.45) is 4.26. The number of carboxylic acids is 1. The summed E-state index contributed by atoms with van der Waals surface area (Å²) in [5.74, 6) is -1.73. The average molecular weight is 253 g/mol. The van der Waals surface area contributed by atoms with Gasteiger partial charge in [-0.05, 0) is 25.5 Å². The Morgan fingerprint density at radius 2 is 2.00 bits per heavy atom. The van der Waals surface area contributed by atoms with Crippen LogP contribution in [-0.2, 0) is 0 Å². The first-order valence-corrected chi connectivity index (χ1v) is 6.18. The van der Waals surface area contributed by atoms with Gasteiger partial charge in [0.05, 0.1) is 0 Å². The molecule has 5 nitrogen and oxygen atoms in total. The molecule has 0 saturated heterocycles. The van der Waals surface area contributed by atoms with Gasteiger partial charge >= 0.3 is 5.97 Å². The van der Waals surface area contributed by atoms with Crippen molar-refractivity contribution in [2.24, 2.45) is 0 Å². The van der Waals surface area contributed by atoms with E-state index in [1.165, 1.54) is 12.1 Å². The van der Waals surface area contributed by atoms with Crippen molar-refractivity contribution in [3.8, 4) is 0 Å². The summed E-state index contributed by atoms with van der Waals surface area (Å²) in [4.78, 5) is 22.3. The highest BCUT2D eigenvalue weighted by Crippen LogP contribution is 2.09. The lowest BCUT2D eigenvalue weighted by molar-refractivity contribution is 0.0659. The third-order valence-corrected chi connectivity index (χ3v) is 2.66. The minimum absolute atomic E-state index is 0.0368. The van der Waals surface area contributed by atoms with Crippen LogP contribution in [0.15, 0.2) is 16.5 Å². The van der Waals surface area contributed by atoms with Gasteiger partial charge in [0.25, 0.3) is 5.91 Å². The molecular formula is C13H19NO4. The smallest absolute Gasteiger partial charge is 0.371 e. The maximum absolute atomic E-state index is 11.7. The van der Waals surface area contributed by atoms with E-state index in [4.69, 9.17) is 9.52 Å². The van der Waals surface area contributed by atoms with E-state index in [1.807, 2.05) is 6.92 Å². The zero-order valence-corrected chi connectivity index (χ0v) is 10.7. The fraction of sp³-hybridized carbons (Fsp3) is 0.538. The van der Waals surface area contributed by atoms with Crippen molar-refractivity contribution < 1.29 is 19.1 Å². The summed E-state index contributed by atoms with van der Waals surface area (Å²) in [5, 5.41) is 11.5. The molecule has 0 aliphatic heterocycles. The highest BCUT2D eigenvalue weighted by molar-refractivity contribution is 5.93. The minimum Gasteiger partial charge on any atom is -0.475 e. The van der Waals surface area contributed by atoms with Gasteiger partial charge < -0.3 is 14.8 Å². The fourth-order valence-corrected chi connectivity index (χ4v) is 1.64. The quantitative estimate of drug-likeness (QED) is 0.732. The molecule has 0 saturated carbocycles. The Morgan fingerprint density at radius 1 is 1.33 bits per heavy atom. The van der Waals surface area contributed by atoms with Crippen molar-refractivity contribution in [2.75, 3.05) is 0 Å². The maximum Gasteiger partial charge on any atom is 0.371 e. The summed E-state index contributed by atoms with van der Waals surface area (Å²) in [5.41, 5.74) is 0. The lowest BCUT2D eigenvalue weighted by Crippen LogP contribution is -2.32. The molecule has 1 amide bonds. The maximum atomic E-state index is 11.7. The van der Waals surface area contributed by atoms with E-state index < -0.39 is 5.97 Å². The second kappa shape index (κ2) is 6.83. The SMILES string of the molecule is CCCCCC(C)NC(=O)c1ccc(C(=O)O)o1. The molecular weight excluding hydrogens is 234 g/mol. The molecule has 0 fully saturated rings. The molecule has 5 heteroatoms. The van der Waals surface area contributed by atoms with Crippen LogP contribution in [0.1, 0.15) is 60.6 Å². The number of furan rings is 1. The summed E-state index contributed by atoms with van der Waals surface area (Å²) >= 11 is 0. The van der Waals surface area contributed by atoms with Crippen molar-refractivity contribution >= 4 is 11.9 Å². The van der Waals surface area contributed by atoms with Gasteiger partial charge in [0.15, 0.2) is 5.76 Å². The molecule has 0 spiro atoms. The van der Waals surface area contributed by atoms with Gasteiger partial charge in [0, 0.05) is 6.04 Å². The normalized spacial score (nSPS) is 12.1. The number of amides is 1. The van der Waals surface area contributed by atoms with E-state index in [0.29, 0.717) is 0 Å². The topological polar surface area (TPSA) is 79.5 Å². The van der Waals surface area contributed by atoms with Gasteiger partial charge in [-0.2, -0.15) is 0 Å². The molecule has 100 valence electrons. The Bertz CT molecular complexity index is 411. The van der Waals surface area contributed by atoms with E-state index in [1.54, 1.807) is 0 Å². The largest absolute Gasteiger partial charge is 0.475 e. The molecule has 1 aromatic heterocycles. The molecule has 0 radical (unpaired) electrons. The van der Waals surface area contributed by atoms with Gasteiger partial charge in [0.1, 0.15) is 0 Å². The lowest BCUT2D eigenvalue weighted by Gasteiger charge is -2.12. The average Bonchev–Trinajstić information content (AvgIpc) is 2.78. The van der Waals surface area contributed by atoms with Crippen molar-refractivity contribution in [3.63, 3.8) is 0 Å². The van der Waals surface area contributed by atoms with Gasteiger partial charge in [-0.1, -0.05) is 26.2 Å². The van der Waals surface area contributed by atoms with E-state index >= 15 is 0 Å². The number of hydrogen-bond acceptors (Lipinski definition) is 3. The van der Waals surface area contributed by atoms with Crippen LogP contribution in [0.25, 0.3) is 0 Å². The monoisotopic (exact) mass is 253 g/mol. The van der Waals surface area contributed by atoms with E-state index in [2.05, 4.69) is 12.2 Å². The molecule has 0 bridgehead atoms. The van der Waals surface area contributed by atoms with Crippen LogP contribution >= 0.6 is 0 Å². The zero-order valence-electron chi connectivity index (χ0n) is 10.7. The van der Waals surface area contributed by atoms with Crippen molar-refractivity contribution in [1.29, 1.82) is 0 Å². The van der Waals surface area contributed by atoms with Crippen LogP contribution < -0.4 is 5.32 Å². The molecule has 18 heavy (non-hydrogen) atoms. The number of rotatable bonds is 7. The molecule has 1 aromatic rings. The number of aromatic carboxylic acids is 1. The van der Waals surface area contributed by atoms with Gasteiger partial charge in [-0.3, -0.25) is 4.79 Å². The second-order valence-electron chi connectivity index (χ2n) is 4.34. The zero-order chi connectivity index (χ0) is 13.5. The Morgan fingerprint density at radius 3 is 2.56 bits per heavy atom. The molecule has 0 aliphatic rings. The number of unbranched alkanes of at least 4 members (excludes halogenated alkanes) is 2. The Balaban J connectivity index is 2.46. The van der Waals surface area contributed by atoms with Crippen molar-refractivity contribution in [2.45, 2.75) is 45.6 Å². The first-order chi connectivity index (χ1) is 8.54. The van der Waals surface area contributed by atoms with E-state index in [0.717, 1.165) is 25.7 Å². The highest BCUT2D eigenvalue weighted by Gasteiger charge is 2.16. The number of nitrogens with one attached hydrogen (secondary N) is 1. The molecule has 1 rings (SSSR count). The summed E-state index contributed by atoms with van der Waals surface area (Å²) in [7, 11) is 0. The Kier molecular flexibility index (Phi) is 5.42. The predicted molar refractivity (Wildman–Crippen MR) is 66.7 cm³/mol. The Hall–Kier alpha value is -1.78. The van der Waals surface area contributed by atoms with Gasteiger partial charge in [-0.15, -0.1) is 0 Å². The first-order valence-electron chi connectivity index (χ1n) is 6.18. The lowest BCUT2D eigenvalue weighted by atomic mass is 10.1. The molecule has 2 N–H and O–H groups in total. The van der Waals surface area contributed by atoms with Gasteiger partial charge in [-0.25, -0.2) is 4.79 Å². The molecule has 1 unspecified atom stereocenters. The number of carbonyl (C=O) groups is 2. The minimum atomic E-state index is -1.18. The fourth-order valence-electron chi connectivity index (χ4n) is 1.64. The van der Waals surface area contributed by atoms with Crippen LogP contribution in [0.2, 0.25) is 0 Å². The summed E-state index contributed by atoms with van der Waals surface area (Å²) < 4.78 is 4.92. The number of carbonyl (C=O) groups excluding carboxylic acids is 1. The molecule has 0 aromatic carbocycles. The second-order valence-corrected chi connectivity index (χ2v) is 4.34. The molecule has 1 atom stereocenters. The van der Waals surface area contributed by atoms with Gasteiger partial charge in [0.2, 0.25) is 5.76 Å². The summed E-state index contributed by atoms with van der Waals surface area (Å²) in [6, 6.07) is 2.71. The third kappa shape index (κ3) is 4.24. The van der Waals surface area contributed by atoms with Crippen LogP contribution in [0, 0.1) is 0 Å². The van der Waals surface area contributed by atoms with Crippen LogP contribution in [0.5, 0.6) is 0 Å². The molecule has 0 aliphatic carbocycles.